The van der Waals surface area contributed by atoms with Crippen LogP contribution in [0.3, 0.4) is 0 Å². The van der Waals surface area contributed by atoms with Crippen LogP contribution in [-0.4, -0.2) is 28.6 Å². The summed E-state index contributed by atoms with van der Waals surface area (Å²) in [4.78, 5) is 0. The second-order valence-corrected chi connectivity index (χ2v) is 8.87. The van der Waals surface area contributed by atoms with Gasteiger partial charge in [0.2, 0.25) is 0 Å². The van der Waals surface area contributed by atoms with E-state index in [9.17, 15) is 10.2 Å². The normalized spacial score (nSPS) is 60.0. The van der Waals surface area contributed by atoms with Crippen molar-refractivity contribution < 1.29 is 10.2 Å². The Hall–Kier alpha value is -0.120. The molecule has 0 amide bonds. The Labute approximate surface area is 128 Å². The Morgan fingerprint density at radius 1 is 0.810 bits per heavy atom. The van der Waals surface area contributed by atoms with Crippen molar-refractivity contribution >= 4 is 0 Å². The maximum Gasteiger partial charge on any atom is 0.105 e. The van der Waals surface area contributed by atoms with E-state index in [1.54, 1.807) is 0 Å². The fraction of sp³-hybridized carbons (Fsp3) is 1.00. The number of hydrogen-bond donors (Lipinski definition) is 3. The van der Waals surface area contributed by atoms with Crippen LogP contribution in [0.4, 0.5) is 0 Å². The van der Waals surface area contributed by atoms with E-state index >= 15 is 0 Å². The van der Waals surface area contributed by atoms with Crippen LogP contribution in [0.5, 0.6) is 0 Å². The quantitative estimate of drug-likeness (QED) is 0.643. The molecule has 0 aromatic carbocycles. The highest BCUT2D eigenvalue weighted by atomic mass is 16.3. The van der Waals surface area contributed by atoms with Gasteiger partial charge in [0.05, 0.1) is 6.10 Å². The minimum absolute atomic E-state index is 0.0692. The predicted molar refractivity (Wildman–Crippen MR) is 82.6 cm³/mol. The van der Waals surface area contributed by atoms with Gasteiger partial charge in [-0.2, -0.15) is 0 Å². The summed E-state index contributed by atoms with van der Waals surface area (Å²) in [5.74, 6) is 2.33. The molecule has 0 aromatic rings. The van der Waals surface area contributed by atoms with Crippen LogP contribution >= 0.6 is 0 Å². The van der Waals surface area contributed by atoms with Gasteiger partial charge in [-0.25, -0.2) is 0 Å². The van der Waals surface area contributed by atoms with Gasteiger partial charge in [-0.3, -0.25) is 5.32 Å². The van der Waals surface area contributed by atoms with Gasteiger partial charge in [0.15, 0.2) is 0 Å². The molecule has 3 aliphatic carbocycles. The van der Waals surface area contributed by atoms with Gasteiger partial charge in [0.25, 0.3) is 0 Å². The van der Waals surface area contributed by atoms with Crippen molar-refractivity contribution in [2.45, 2.75) is 83.6 Å². The summed E-state index contributed by atoms with van der Waals surface area (Å²) in [5.41, 5.74) is 0.545. The molecule has 1 heterocycles. The fourth-order valence-electron chi connectivity index (χ4n) is 6.83. The largest absolute Gasteiger partial charge is 0.393 e. The molecule has 4 rings (SSSR count). The lowest BCUT2D eigenvalue weighted by atomic mass is 9.47. The molecule has 21 heavy (non-hydrogen) atoms. The topological polar surface area (TPSA) is 52.5 Å². The summed E-state index contributed by atoms with van der Waals surface area (Å²) in [6, 6.07) is 0.498. The molecule has 120 valence electrons. The molecule has 0 radical (unpaired) electrons. The lowest BCUT2D eigenvalue weighted by Crippen LogP contribution is -2.62. The number of aliphatic hydroxyl groups excluding tert-OH is 2. The number of fused-ring (bicyclic) bond motifs is 5. The van der Waals surface area contributed by atoms with Crippen LogP contribution in [-0.2, 0) is 0 Å². The molecular formula is C18H31NO2. The summed E-state index contributed by atoms with van der Waals surface area (Å²) in [5, 5.41) is 23.9. The first-order chi connectivity index (χ1) is 9.95. The van der Waals surface area contributed by atoms with Gasteiger partial charge in [0, 0.05) is 6.04 Å². The Bertz CT molecular complexity index is 427. The third-order valence-electron chi connectivity index (χ3n) is 8.17. The van der Waals surface area contributed by atoms with E-state index < -0.39 is 0 Å². The van der Waals surface area contributed by atoms with Crippen molar-refractivity contribution in [3.8, 4) is 0 Å². The predicted octanol–water partition coefficient (Wildman–Crippen LogP) is 2.66. The second kappa shape index (κ2) is 4.69. The maximum absolute atomic E-state index is 10.5. The van der Waals surface area contributed by atoms with Crippen LogP contribution in [0, 0.1) is 28.6 Å². The first-order valence-electron chi connectivity index (χ1n) is 9.07. The smallest absolute Gasteiger partial charge is 0.105 e. The highest BCUT2D eigenvalue weighted by Gasteiger charge is 2.60. The van der Waals surface area contributed by atoms with Crippen molar-refractivity contribution in [2.24, 2.45) is 28.6 Å². The van der Waals surface area contributed by atoms with Gasteiger partial charge in [-0.05, 0) is 80.0 Å². The van der Waals surface area contributed by atoms with Gasteiger partial charge in [-0.15, -0.1) is 0 Å². The summed E-state index contributed by atoms with van der Waals surface area (Å²) in [6.45, 7) is 4.82. The van der Waals surface area contributed by atoms with Crippen molar-refractivity contribution in [1.29, 1.82) is 0 Å². The monoisotopic (exact) mass is 293 g/mol. The molecule has 8 atom stereocenters. The van der Waals surface area contributed by atoms with E-state index in [1.165, 1.54) is 38.5 Å². The van der Waals surface area contributed by atoms with E-state index in [4.69, 9.17) is 0 Å². The Balaban J connectivity index is 1.62. The average Bonchev–Trinajstić information content (AvgIpc) is 2.76. The van der Waals surface area contributed by atoms with Crippen LogP contribution < -0.4 is 5.32 Å². The van der Waals surface area contributed by atoms with E-state index in [1.807, 2.05) is 0 Å². The van der Waals surface area contributed by atoms with Crippen LogP contribution in [0.15, 0.2) is 0 Å². The molecule has 4 fully saturated rings. The van der Waals surface area contributed by atoms with Crippen LogP contribution in [0.2, 0.25) is 0 Å². The SMILES string of the molecule is C[C@]12CCC(O)N[C@@H]1CC[C@H]1[C@H]3CCC(O)[C@@]3(C)CC[C@@H]12. The first-order valence-corrected chi connectivity index (χ1v) is 9.07. The number of nitrogens with one attached hydrogen (secondary N) is 1. The Morgan fingerprint density at radius 2 is 1.52 bits per heavy atom. The number of aliphatic hydroxyl groups is 2. The van der Waals surface area contributed by atoms with Crippen LogP contribution in [0.25, 0.3) is 0 Å². The van der Waals surface area contributed by atoms with Crippen molar-refractivity contribution in [3.05, 3.63) is 0 Å². The van der Waals surface area contributed by atoms with E-state index in [2.05, 4.69) is 19.2 Å². The Morgan fingerprint density at radius 3 is 2.33 bits per heavy atom. The van der Waals surface area contributed by atoms with Gasteiger partial charge in [-0.1, -0.05) is 13.8 Å². The summed E-state index contributed by atoms with van der Waals surface area (Å²) >= 11 is 0. The second-order valence-electron chi connectivity index (χ2n) is 8.87. The lowest BCUT2D eigenvalue weighted by molar-refractivity contribution is -0.123. The minimum atomic E-state index is -0.290. The zero-order valence-electron chi connectivity index (χ0n) is 13.5. The zero-order valence-corrected chi connectivity index (χ0v) is 13.5. The molecule has 0 spiro atoms. The molecule has 1 saturated heterocycles. The molecule has 2 unspecified atom stereocenters. The molecule has 1 aliphatic heterocycles. The zero-order chi connectivity index (χ0) is 14.8. The Kier molecular flexibility index (Phi) is 3.23. The first kappa shape index (κ1) is 14.5. The van der Waals surface area contributed by atoms with E-state index in [-0.39, 0.29) is 17.7 Å². The number of rotatable bonds is 0. The van der Waals surface area contributed by atoms with Gasteiger partial charge < -0.3 is 10.2 Å². The summed E-state index contributed by atoms with van der Waals surface area (Å²) in [7, 11) is 0. The molecule has 3 saturated carbocycles. The minimum Gasteiger partial charge on any atom is -0.393 e. The highest BCUT2D eigenvalue weighted by Crippen LogP contribution is 2.64. The van der Waals surface area contributed by atoms with E-state index in [0.717, 1.165) is 30.6 Å². The van der Waals surface area contributed by atoms with Crippen molar-refractivity contribution in [1.82, 2.24) is 5.32 Å². The molecule has 3 nitrogen and oxygen atoms in total. The standard InChI is InChI=1S/C18H31NO2/c1-17-10-8-16(21)19-14(17)5-3-11-12-4-6-15(20)18(12,2)9-7-13(11)17/h11-16,19-21H,3-10H2,1-2H3/t11-,12+,13-,14+,15?,16?,17+,18-/m0/s1. The third-order valence-corrected chi connectivity index (χ3v) is 8.17. The third kappa shape index (κ3) is 1.90. The summed E-state index contributed by atoms with van der Waals surface area (Å²) in [6.07, 6.45) is 8.93. The van der Waals surface area contributed by atoms with Crippen LogP contribution in [0.1, 0.15) is 65.2 Å². The highest BCUT2D eigenvalue weighted by molar-refractivity contribution is 5.10. The number of piperidine rings is 1. The van der Waals surface area contributed by atoms with E-state index in [0.29, 0.717) is 11.5 Å². The summed E-state index contributed by atoms with van der Waals surface area (Å²) < 4.78 is 0. The molecular weight excluding hydrogens is 262 g/mol. The van der Waals surface area contributed by atoms with Gasteiger partial charge in [0.1, 0.15) is 6.23 Å². The number of hydrogen-bond acceptors (Lipinski definition) is 3. The maximum atomic E-state index is 10.5. The average molecular weight is 293 g/mol. The lowest BCUT2D eigenvalue weighted by Gasteiger charge is -2.60. The molecule has 3 heteroatoms. The molecule has 0 bridgehead atoms. The molecule has 3 N–H and O–H groups in total. The van der Waals surface area contributed by atoms with Gasteiger partial charge >= 0.3 is 0 Å². The fourth-order valence-corrected chi connectivity index (χ4v) is 6.83. The van der Waals surface area contributed by atoms with Crippen molar-refractivity contribution in [2.75, 3.05) is 0 Å². The molecule has 0 aromatic heterocycles. The molecule has 4 aliphatic rings. The van der Waals surface area contributed by atoms with Crippen molar-refractivity contribution in [3.63, 3.8) is 0 Å².